The largest absolute Gasteiger partial charge is 0.351 e. The molecule has 0 spiro atoms. The summed E-state index contributed by atoms with van der Waals surface area (Å²) < 4.78 is 39.6. The second-order valence-electron chi connectivity index (χ2n) is 4.39. The highest BCUT2D eigenvalue weighted by Gasteiger charge is 2.14. The van der Waals surface area contributed by atoms with Gasteiger partial charge in [0.1, 0.15) is 17.8 Å². The van der Waals surface area contributed by atoms with Gasteiger partial charge in [-0.15, -0.1) is 0 Å². The Morgan fingerprint density at radius 1 is 1.18 bits per heavy atom. The third-order valence-electron chi connectivity index (χ3n) is 2.73. The van der Waals surface area contributed by atoms with Crippen molar-refractivity contribution in [2.45, 2.75) is 13.3 Å². The zero-order chi connectivity index (χ0) is 16.1. The number of anilines is 2. The minimum absolute atomic E-state index is 0.0777. The number of halogens is 3. The van der Waals surface area contributed by atoms with E-state index in [4.69, 9.17) is 0 Å². The SMILES string of the molecule is CCCNC(=O)c1cc(Nc2ccc(F)c(F)c2F)ncn1. The number of carbonyl (C=O) groups excluding carboxylic acids is 1. The second-order valence-corrected chi connectivity index (χ2v) is 4.39. The molecule has 1 aromatic carbocycles. The average Bonchev–Trinajstić information content (AvgIpc) is 2.53. The van der Waals surface area contributed by atoms with Crippen molar-refractivity contribution in [3.8, 4) is 0 Å². The highest BCUT2D eigenvalue weighted by atomic mass is 19.2. The third kappa shape index (κ3) is 3.51. The van der Waals surface area contributed by atoms with E-state index in [2.05, 4.69) is 20.6 Å². The Balaban J connectivity index is 2.21. The number of hydrogen-bond donors (Lipinski definition) is 2. The molecule has 8 heteroatoms. The molecule has 2 N–H and O–H groups in total. The molecule has 1 aromatic heterocycles. The van der Waals surface area contributed by atoms with E-state index in [9.17, 15) is 18.0 Å². The highest BCUT2D eigenvalue weighted by molar-refractivity contribution is 5.92. The van der Waals surface area contributed by atoms with Crippen LogP contribution in [0.15, 0.2) is 24.5 Å². The number of nitrogens with one attached hydrogen (secondary N) is 2. The molecule has 0 aliphatic rings. The van der Waals surface area contributed by atoms with Crippen LogP contribution in [0.1, 0.15) is 23.8 Å². The van der Waals surface area contributed by atoms with E-state index in [1.807, 2.05) is 6.92 Å². The maximum atomic E-state index is 13.6. The first-order valence-electron chi connectivity index (χ1n) is 6.53. The molecule has 5 nitrogen and oxygen atoms in total. The molecule has 0 unspecified atom stereocenters. The predicted octanol–water partition coefficient (Wildman–Crippen LogP) is 2.78. The van der Waals surface area contributed by atoms with Gasteiger partial charge in [0.05, 0.1) is 5.69 Å². The summed E-state index contributed by atoms with van der Waals surface area (Å²) >= 11 is 0. The number of carbonyl (C=O) groups is 1. The first kappa shape index (κ1) is 15.7. The molecule has 1 heterocycles. The molecule has 1 amide bonds. The monoisotopic (exact) mass is 310 g/mol. The number of aromatic nitrogens is 2. The van der Waals surface area contributed by atoms with Gasteiger partial charge < -0.3 is 10.6 Å². The Hall–Kier alpha value is -2.64. The van der Waals surface area contributed by atoms with Gasteiger partial charge in [0.25, 0.3) is 5.91 Å². The zero-order valence-electron chi connectivity index (χ0n) is 11.7. The van der Waals surface area contributed by atoms with Gasteiger partial charge in [-0.3, -0.25) is 4.79 Å². The topological polar surface area (TPSA) is 66.9 Å². The number of rotatable bonds is 5. The predicted molar refractivity (Wildman–Crippen MR) is 74.3 cm³/mol. The summed E-state index contributed by atoms with van der Waals surface area (Å²) in [5.74, 6) is -4.56. The minimum Gasteiger partial charge on any atom is -0.351 e. The fourth-order valence-electron chi connectivity index (χ4n) is 1.64. The van der Waals surface area contributed by atoms with Crippen molar-refractivity contribution in [2.75, 3.05) is 11.9 Å². The van der Waals surface area contributed by atoms with Gasteiger partial charge in [-0.1, -0.05) is 6.92 Å². The van der Waals surface area contributed by atoms with Gasteiger partial charge in [-0.2, -0.15) is 0 Å². The first-order valence-corrected chi connectivity index (χ1v) is 6.53. The van der Waals surface area contributed by atoms with Crippen molar-refractivity contribution in [1.29, 1.82) is 0 Å². The van der Waals surface area contributed by atoms with Crippen LogP contribution in [0.3, 0.4) is 0 Å². The minimum atomic E-state index is -1.58. The summed E-state index contributed by atoms with van der Waals surface area (Å²) in [6, 6.07) is 3.11. The van der Waals surface area contributed by atoms with E-state index >= 15 is 0 Å². The van der Waals surface area contributed by atoms with Crippen molar-refractivity contribution in [3.05, 3.63) is 47.7 Å². The maximum absolute atomic E-state index is 13.6. The van der Waals surface area contributed by atoms with Crippen molar-refractivity contribution in [3.63, 3.8) is 0 Å². The second kappa shape index (κ2) is 6.88. The summed E-state index contributed by atoms with van der Waals surface area (Å²) in [6.07, 6.45) is 1.88. The zero-order valence-corrected chi connectivity index (χ0v) is 11.7. The normalized spacial score (nSPS) is 10.4. The van der Waals surface area contributed by atoms with Gasteiger partial charge >= 0.3 is 0 Å². The van der Waals surface area contributed by atoms with Gasteiger partial charge in [0.2, 0.25) is 0 Å². The van der Waals surface area contributed by atoms with Crippen LogP contribution in [-0.2, 0) is 0 Å². The smallest absolute Gasteiger partial charge is 0.270 e. The van der Waals surface area contributed by atoms with Crippen molar-refractivity contribution < 1.29 is 18.0 Å². The number of nitrogens with zero attached hydrogens (tertiary/aromatic N) is 2. The molecular formula is C14H13F3N4O. The molecule has 22 heavy (non-hydrogen) atoms. The van der Waals surface area contributed by atoms with Crippen LogP contribution in [0.2, 0.25) is 0 Å². The molecule has 0 atom stereocenters. The summed E-state index contributed by atoms with van der Waals surface area (Å²) in [6.45, 7) is 2.39. The molecule has 0 bridgehead atoms. The molecule has 2 aromatic rings. The van der Waals surface area contributed by atoms with E-state index in [1.54, 1.807) is 0 Å². The van der Waals surface area contributed by atoms with E-state index in [1.165, 1.54) is 6.07 Å². The lowest BCUT2D eigenvalue weighted by molar-refractivity contribution is 0.0948. The lowest BCUT2D eigenvalue weighted by Gasteiger charge is -2.08. The van der Waals surface area contributed by atoms with Gasteiger partial charge in [-0.25, -0.2) is 23.1 Å². The highest BCUT2D eigenvalue weighted by Crippen LogP contribution is 2.22. The third-order valence-corrected chi connectivity index (χ3v) is 2.73. The van der Waals surface area contributed by atoms with Crippen LogP contribution < -0.4 is 10.6 Å². The Morgan fingerprint density at radius 3 is 2.68 bits per heavy atom. The van der Waals surface area contributed by atoms with E-state index in [-0.39, 0.29) is 17.2 Å². The first-order chi connectivity index (χ1) is 10.5. The molecular weight excluding hydrogens is 297 g/mol. The molecule has 116 valence electrons. The fourth-order valence-corrected chi connectivity index (χ4v) is 1.64. The van der Waals surface area contributed by atoms with E-state index in [0.717, 1.165) is 24.9 Å². The van der Waals surface area contributed by atoms with E-state index < -0.39 is 23.4 Å². The summed E-state index contributed by atoms with van der Waals surface area (Å²) in [4.78, 5) is 19.4. The fraction of sp³-hybridized carbons (Fsp3) is 0.214. The molecule has 0 saturated heterocycles. The quantitative estimate of drug-likeness (QED) is 0.833. The lowest BCUT2D eigenvalue weighted by Crippen LogP contribution is -2.25. The van der Waals surface area contributed by atoms with Crippen LogP contribution in [-0.4, -0.2) is 22.4 Å². The van der Waals surface area contributed by atoms with Crippen molar-refractivity contribution >= 4 is 17.4 Å². The molecule has 0 aliphatic carbocycles. The molecule has 0 aliphatic heterocycles. The number of benzene rings is 1. The molecule has 2 rings (SSSR count). The van der Waals surface area contributed by atoms with Crippen molar-refractivity contribution in [1.82, 2.24) is 15.3 Å². The molecule has 0 saturated carbocycles. The number of amides is 1. The van der Waals surface area contributed by atoms with E-state index in [0.29, 0.717) is 6.54 Å². The van der Waals surface area contributed by atoms with Crippen molar-refractivity contribution in [2.24, 2.45) is 0 Å². The standard InChI is InChI=1S/C14H13F3N4O/c1-2-5-18-14(22)10-6-11(20-7-19-10)21-9-4-3-8(15)12(16)13(9)17/h3-4,6-7H,2,5H2,1H3,(H,18,22)(H,19,20,21). The van der Waals surface area contributed by atoms with Gasteiger partial charge in [-0.05, 0) is 18.6 Å². The van der Waals surface area contributed by atoms with Crippen LogP contribution >= 0.6 is 0 Å². The lowest BCUT2D eigenvalue weighted by atomic mass is 10.2. The van der Waals surface area contributed by atoms with Crippen LogP contribution in [0.25, 0.3) is 0 Å². The van der Waals surface area contributed by atoms with Crippen LogP contribution in [0.4, 0.5) is 24.7 Å². The maximum Gasteiger partial charge on any atom is 0.270 e. The Labute approximate surface area is 124 Å². The summed E-state index contributed by atoms with van der Waals surface area (Å²) in [7, 11) is 0. The summed E-state index contributed by atoms with van der Waals surface area (Å²) in [5.41, 5.74) is -0.216. The Bertz CT molecular complexity index is 694. The van der Waals surface area contributed by atoms with Crippen LogP contribution in [0.5, 0.6) is 0 Å². The Kier molecular flexibility index (Phi) is 4.92. The van der Waals surface area contributed by atoms with Crippen LogP contribution in [0, 0.1) is 17.5 Å². The Morgan fingerprint density at radius 2 is 1.95 bits per heavy atom. The van der Waals surface area contributed by atoms with Gasteiger partial charge in [0, 0.05) is 12.6 Å². The summed E-state index contributed by atoms with van der Waals surface area (Å²) in [5, 5.41) is 5.11. The number of hydrogen-bond acceptors (Lipinski definition) is 4. The molecule has 0 radical (unpaired) electrons. The van der Waals surface area contributed by atoms with Gasteiger partial charge in [0.15, 0.2) is 17.5 Å². The average molecular weight is 310 g/mol. The molecule has 0 fully saturated rings.